The van der Waals surface area contributed by atoms with E-state index in [2.05, 4.69) is 11.0 Å². The molecule has 0 bridgehead atoms. The minimum Gasteiger partial charge on any atom is -0.858 e. The Morgan fingerprint density at radius 2 is 1.85 bits per heavy atom. The van der Waals surface area contributed by atoms with Gasteiger partial charge in [-0.2, -0.15) is 26.0 Å². The van der Waals surface area contributed by atoms with Gasteiger partial charge in [0.25, 0.3) is 0 Å². The van der Waals surface area contributed by atoms with E-state index in [1.165, 1.54) is 13.0 Å². The van der Waals surface area contributed by atoms with Crippen LogP contribution < -0.4 is 9.84 Å². The van der Waals surface area contributed by atoms with Crippen LogP contribution in [0, 0.1) is 0 Å². The Morgan fingerprint density at radius 3 is 2.42 bits per heavy atom. The fourth-order valence-corrected chi connectivity index (χ4v) is 2.31. The van der Waals surface area contributed by atoms with Crippen LogP contribution in [0.3, 0.4) is 0 Å². The molecule has 0 radical (unpaired) electrons. The number of fused-ring (bicyclic) bond motifs is 1. The van der Waals surface area contributed by atoms with Crippen molar-refractivity contribution in [3.8, 4) is 5.75 Å². The molecule has 0 N–H and O–H groups in total. The third-order valence-corrected chi connectivity index (χ3v) is 4.11. The monoisotopic (exact) mass is 386 g/mol. The highest BCUT2D eigenvalue weighted by atomic mass is 32.2. The van der Waals surface area contributed by atoms with Gasteiger partial charge < -0.3 is 9.84 Å². The molecule has 2 rings (SSSR count). The molecule has 0 fully saturated rings. The summed E-state index contributed by atoms with van der Waals surface area (Å²) < 4.78 is 66.6. The topological polar surface area (TPSA) is 95.9 Å². The van der Waals surface area contributed by atoms with Crippen LogP contribution in [-0.4, -0.2) is 25.8 Å². The van der Waals surface area contributed by atoms with Crippen LogP contribution in [-0.2, 0) is 14.8 Å². The Balaban J connectivity index is 2.62. The minimum absolute atomic E-state index is 0.0511. The third kappa shape index (κ3) is 4.02. The lowest BCUT2D eigenvalue weighted by molar-refractivity contribution is -0.212. The van der Waals surface area contributed by atoms with Crippen LogP contribution in [0.2, 0.25) is 0 Å². The summed E-state index contributed by atoms with van der Waals surface area (Å²) in [5.41, 5.74) is -6.13. The van der Waals surface area contributed by atoms with E-state index in [9.17, 15) is 31.5 Å². The van der Waals surface area contributed by atoms with Gasteiger partial charge in [0, 0.05) is 16.9 Å². The van der Waals surface area contributed by atoms with E-state index in [0.717, 1.165) is 12.1 Å². The van der Waals surface area contributed by atoms with Gasteiger partial charge in [0.2, 0.25) is 0 Å². The third-order valence-electron chi connectivity index (χ3n) is 3.12. The molecule has 0 saturated heterocycles. The predicted molar refractivity (Wildman–Crippen MR) is 85.9 cm³/mol. The zero-order chi connectivity index (χ0) is 19.7. The van der Waals surface area contributed by atoms with Crippen molar-refractivity contribution in [1.29, 1.82) is 0 Å². The molecule has 2 aromatic carbocycles. The molecule has 0 aliphatic carbocycles. The van der Waals surface area contributed by atoms with Gasteiger partial charge >= 0.3 is 21.5 Å². The van der Waals surface area contributed by atoms with Gasteiger partial charge in [-0.05, 0) is 30.0 Å². The molecule has 138 valence electrons. The van der Waals surface area contributed by atoms with E-state index in [-0.39, 0.29) is 11.3 Å². The number of carbonyl (C=O) groups is 1. The molecule has 6 nitrogen and oxygen atoms in total. The first-order valence-electron chi connectivity index (χ1n) is 6.91. The average Bonchev–Trinajstić information content (AvgIpc) is 2.53. The molecule has 2 aromatic rings. The molecule has 26 heavy (non-hydrogen) atoms. The summed E-state index contributed by atoms with van der Waals surface area (Å²) in [4.78, 5) is 11.7. The summed E-state index contributed by atoms with van der Waals surface area (Å²) in [5.74, 6) is -2.60. The lowest BCUT2D eigenvalue weighted by Crippen LogP contribution is -2.27. The fourth-order valence-electron chi connectivity index (χ4n) is 1.88. The Hall–Kier alpha value is -2.88. The minimum atomic E-state index is -5.99. The molecule has 0 spiro atoms. The summed E-state index contributed by atoms with van der Waals surface area (Å²) >= 11 is 0. The maximum Gasteiger partial charge on any atom is 0.518 e. The number of sulfonamides is 1. The van der Waals surface area contributed by atoms with E-state index in [1.54, 1.807) is 18.2 Å². The fraction of sp³-hybridized carbons (Fsp3) is 0.125. The van der Waals surface area contributed by atoms with Crippen molar-refractivity contribution in [2.24, 2.45) is 4.40 Å². The molecule has 0 heterocycles. The lowest BCUT2D eigenvalue weighted by atomic mass is 10.1. The van der Waals surface area contributed by atoms with Crippen molar-refractivity contribution in [3.63, 3.8) is 0 Å². The highest BCUT2D eigenvalue weighted by Gasteiger charge is 2.45. The Bertz CT molecular complexity index is 1030. The zero-order valence-corrected chi connectivity index (χ0v) is 14.0. The molecule has 0 saturated carbocycles. The highest BCUT2D eigenvalue weighted by molar-refractivity contribution is 7.91. The van der Waals surface area contributed by atoms with Crippen LogP contribution in [0.5, 0.6) is 5.75 Å². The van der Waals surface area contributed by atoms with Crippen LogP contribution >= 0.6 is 0 Å². The summed E-state index contributed by atoms with van der Waals surface area (Å²) in [6, 6.07) is 8.33. The molecule has 0 aliphatic heterocycles. The maximum atomic E-state index is 12.4. The van der Waals surface area contributed by atoms with Gasteiger partial charge in [-0.1, -0.05) is 30.8 Å². The van der Waals surface area contributed by atoms with Gasteiger partial charge in [0.15, 0.2) is 0 Å². The first-order valence-corrected chi connectivity index (χ1v) is 8.35. The van der Waals surface area contributed by atoms with Gasteiger partial charge in [0.05, 0.1) is 0 Å². The quantitative estimate of drug-likeness (QED) is 0.264. The van der Waals surface area contributed by atoms with E-state index in [4.69, 9.17) is 4.74 Å². The Labute approximate surface area is 146 Å². The summed E-state index contributed by atoms with van der Waals surface area (Å²) in [6.07, 6.45) is 0. The molecule has 0 aromatic heterocycles. The van der Waals surface area contributed by atoms with E-state index >= 15 is 0 Å². The van der Waals surface area contributed by atoms with Crippen LogP contribution in [0.1, 0.15) is 12.5 Å². The molecule has 0 unspecified atom stereocenters. The SMILES string of the molecule is C=C(C)C(=O)Oc1cc(C([O-])=NS(=O)(=O)C(F)(F)F)cc2ccccc12. The first kappa shape index (κ1) is 19.4. The number of nitrogens with zero attached hydrogens (tertiary/aromatic N) is 1. The van der Waals surface area contributed by atoms with Gasteiger partial charge in [-0.15, -0.1) is 0 Å². The average molecular weight is 386 g/mol. The standard InChI is InChI=1S/C16H12F3NO5S/c1-9(2)15(22)25-13-8-11(7-10-5-3-4-6-12(10)13)14(21)20-26(23,24)16(17,18)19/h3-8H,1H2,2H3,(H,20,21)/p-1. The number of alkyl halides is 3. The summed E-state index contributed by atoms with van der Waals surface area (Å²) in [5, 5.41) is 12.6. The predicted octanol–water partition coefficient (Wildman–Crippen LogP) is 2.28. The smallest absolute Gasteiger partial charge is 0.518 e. The van der Waals surface area contributed by atoms with E-state index < -0.39 is 33.0 Å². The molecule has 0 aliphatic rings. The van der Waals surface area contributed by atoms with E-state index in [1.807, 2.05) is 0 Å². The molecular formula is C16H11F3NO5S-. The van der Waals surface area contributed by atoms with Crippen LogP contribution in [0.15, 0.2) is 52.9 Å². The second-order valence-electron chi connectivity index (χ2n) is 5.18. The van der Waals surface area contributed by atoms with Crippen molar-refractivity contribution in [2.45, 2.75) is 12.4 Å². The lowest BCUT2D eigenvalue weighted by Gasteiger charge is -2.15. The normalized spacial score (nSPS) is 12.8. The Kier molecular flexibility index (Phi) is 5.08. The van der Waals surface area contributed by atoms with Gasteiger partial charge in [-0.3, -0.25) is 0 Å². The molecular weight excluding hydrogens is 375 g/mol. The van der Waals surface area contributed by atoms with E-state index in [0.29, 0.717) is 10.8 Å². The number of halogens is 3. The second-order valence-corrected chi connectivity index (χ2v) is 6.78. The zero-order valence-electron chi connectivity index (χ0n) is 13.2. The first-order chi connectivity index (χ1) is 11.9. The highest BCUT2D eigenvalue weighted by Crippen LogP contribution is 2.29. The van der Waals surface area contributed by atoms with Crippen molar-refractivity contribution in [2.75, 3.05) is 0 Å². The van der Waals surface area contributed by atoms with Crippen molar-refractivity contribution >= 4 is 32.7 Å². The number of esters is 1. The maximum absolute atomic E-state index is 12.4. The summed E-state index contributed by atoms with van der Waals surface area (Å²) in [7, 11) is -5.99. The molecule has 10 heteroatoms. The number of hydrogen-bond acceptors (Lipinski definition) is 5. The van der Waals surface area contributed by atoms with Gasteiger partial charge in [-0.25, -0.2) is 4.79 Å². The van der Waals surface area contributed by atoms with Crippen LogP contribution in [0.25, 0.3) is 10.8 Å². The van der Waals surface area contributed by atoms with Gasteiger partial charge in [0.1, 0.15) is 5.75 Å². The number of hydrogen-bond donors (Lipinski definition) is 0. The number of benzene rings is 2. The largest absolute Gasteiger partial charge is 0.858 e. The van der Waals surface area contributed by atoms with Crippen molar-refractivity contribution in [3.05, 3.63) is 54.1 Å². The number of carbonyl (C=O) groups excluding carboxylic acids is 1. The number of ether oxygens (including phenoxy) is 1. The Morgan fingerprint density at radius 1 is 1.23 bits per heavy atom. The van der Waals surface area contributed by atoms with Crippen molar-refractivity contribution in [1.82, 2.24) is 0 Å². The summed E-state index contributed by atoms with van der Waals surface area (Å²) in [6.45, 7) is 4.78. The second kappa shape index (κ2) is 6.79. The number of rotatable bonds is 4. The molecule has 0 atom stereocenters. The van der Waals surface area contributed by atoms with Crippen LogP contribution in [0.4, 0.5) is 13.2 Å². The molecule has 0 amide bonds. The van der Waals surface area contributed by atoms with Crippen molar-refractivity contribution < 1.29 is 36.2 Å².